The van der Waals surface area contributed by atoms with Crippen molar-refractivity contribution in [1.29, 1.82) is 5.41 Å². The Hall–Kier alpha value is -4.14. The molecule has 0 unspecified atom stereocenters. The van der Waals surface area contributed by atoms with Gasteiger partial charge in [0.15, 0.2) is 12.4 Å². The number of fused-ring (bicyclic) bond motifs is 1. The molecular weight excluding hydrogens is 432 g/mol. The maximum atomic E-state index is 11.9. The van der Waals surface area contributed by atoms with E-state index in [4.69, 9.17) is 30.6 Å². The first-order valence-corrected chi connectivity index (χ1v) is 11.2. The van der Waals surface area contributed by atoms with Crippen molar-refractivity contribution in [2.75, 3.05) is 11.9 Å². The molecule has 0 aliphatic heterocycles. The maximum Gasteiger partial charge on any atom is 0.258 e. The predicted octanol–water partition coefficient (Wildman–Crippen LogP) is 3.60. The molecule has 3 aromatic rings. The number of carbonyl (C=O) groups excluding carboxylic acids is 1. The van der Waals surface area contributed by atoms with Gasteiger partial charge in [-0.15, -0.1) is 0 Å². The van der Waals surface area contributed by atoms with Crippen LogP contribution < -0.4 is 25.8 Å². The van der Waals surface area contributed by atoms with E-state index in [1.54, 1.807) is 12.1 Å². The smallest absolute Gasteiger partial charge is 0.258 e. The number of allylic oxidation sites excluding steroid dienone is 1. The van der Waals surface area contributed by atoms with Gasteiger partial charge in [0.25, 0.3) is 5.91 Å². The van der Waals surface area contributed by atoms with Gasteiger partial charge in [-0.05, 0) is 57.0 Å². The Labute approximate surface area is 197 Å². The average Bonchev–Trinajstić information content (AvgIpc) is 3.65. The van der Waals surface area contributed by atoms with Crippen LogP contribution in [0.2, 0.25) is 0 Å². The first kappa shape index (κ1) is 23.0. The fraction of sp³-hybridized carbons (Fsp3) is 0.280. The third-order valence-electron chi connectivity index (χ3n) is 5.00. The zero-order chi connectivity index (χ0) is 24.1. The van der Waals surface area contributed by atoms with Gasteiger partial charge in [-0.25, -0.2) is 9.97 Å². The summed E-state index contributed by atoms with van der Waals surface area (Å²) >= 11 is 0. The standard InChI is InChI=1S/C25H28N6O3/c1-15(2)28-23(32)14-33-19-5-3-4-16(10-19)24-30-22-9-8-20(34-18-6-7-18)11-21(22)25(31-24)29-17(12-26)13-27/h3-5,8-13,15,18,26H,6-7,14,27H2,1-2H3,(H,28,32)(H,29,30,31)/b17-13+,26-12?. The SMILES string of the molecule is CC(C)NC(=O)COc1cccc(-c2nc(N/C(C=N)=C/N)c3cc(OC4CC4)ccc3n2)c1. The molecule has 1 aliphatic rings. The molecule has 1 heterocycles. The lowest BCUT2D eigenvalue weighted by molar-refractivity contribution is -0.123. The Bertz CT molecular complexity index is 1240. The van der Waals surface area contributed by atoms with E-state index >= 15 is 0 Å². The topological polar surface area (TPSA) is 135 Å². The molecule has 0 spiro atoms. The summed E-state index contributed by atoms with van der Waals surface area (Å²) < 4.78 is 11.6. The number of amides is 1. The van der Waals surface area contributed by atoms with E-state index < -0.39 is 0 Å². The molecule has 1 fully saturated rings. The van der Waals surface area contributed by atoms with Gasteiger partial charge in [-0.3, -0.25) is 4.79 Å². The summed E-state index contributed by atoms with van der Waals surface area (Å²) in [4.78, 5) is 21.4. The predicted molar refractivity (Wildman–Crippen MR) is 132 cm³/mol. The van der Waals surface area contributed by atoms with Crippen molar-refractivity contribution in [1.82, 2.24) is 15.3 Å². The molecule has 2 aromatic carbocycles. The minimum absolute atomic E-state index is 0.0444. The van der Waals surface area contributed by atoms with Crippen LogP contribution in [0.25, 0.3) is 22.3 Å². The van der Waals surface area contributed by atoms with Gasteiger partial charge in [0.05, 0.1) is 17.3 Å². The molecule has 0 saturated heterocycles. The van der Waals surface area contributed by atoms with Crippen molar-refractivity contribution < 1.29 is 14.3 Å². The number of hydrogen-bond donors (Lipinski definition) is 4. The van der Waals surface area contributed by atoms with Gasteiger partial charge in [-0.2, -0.15) is 0 Å². The first-order chi connectivity index (χ1) is 16.4. The van der Waals surface area contributed by atoms with E-state index in [1.807, 2.05) is 44.2 Å². The second kappa shape index (κ2) is 10.2. The molecule has 9 nitrogen and oxygen atoms in total. The highest BCUT2D eigenvalue weighted by Crippen LogP contribution is 2.32. The Morgan fingerprint density at radius 2 is 2.03 bits per heavy atom. The van der Waals surface area contributed by atoms with Gasteiger partial charge in [0, 0.05) is 29.4 Å². The zero-order valence-corrected chi connectivity index (χ0v) is 19.2. The molecule has 1 saturated carbocycles. The molecular formula is C25H28N6O3. The lowest BCUT2D eigenvalue weighted by Gasteiger charge is -2.13. The van der Waals surface area contributed by atoms with Crippen molar-refractivity contribution >= 4 is 28.8 Å². The number of anilines is 1. The summed E-state index contributed by atoms with van der Waals surface area (Å²) in [6, 6.07) is 13.0. The number of carbonyl (C=O) groups is 1. The minimum atomic E-state index is -0.189. The van der Waals surface area contributed by atoms with Crippen LogP contribution in [0.15, 0.2) is 54.4 Å². The van der Waals surface area contributed by atoms with Crippen LogP contribution in [0.1, 0.15) is 26.7 Å². The van der Waals surface area contributed by atoms with Gasteiger partial charge < -0.3 is 31.3 Å². The molecule has 0 atom stereocenters. The average molecular weight is 461 g/mol. The number of nitrogens with two attached hydrogens (primary N) is 1. The summed E-state index contributed by atoms with van der Waals surface area (Å²) in [5, 5.41) is 14.2. The summed E-state index contributed by atoms with van der Waals surface area (Å²) in [7, 11) is 0. The molecule has 5 N–H and O–H groups in total. The molecule has 1 aromatic heterocycles. The fourth-order valence-electron chi connectivity index (χ4n) is 3.28. The third kappa shape index (κ3) is 5.80. The number of nitrogens with one attached hydrogen (secondary N) is 3. The summed E-state index contributed by atoms with van der Waals surface area (Å²) in [5.74, 6) is 2.06. The lowest BCUT2D eigenvalue weighted by atomic mass is 10.1. The summed E-state index contributed by atoms with van der Waals surface area (Å²) in [6.07, 6.45) is 4.81. The van der Waals surface area contributed by atoms with Crippen LogP contribution in [0.3, 0.4) is 0 Å². The fourth-order valence-corrected chi connectivity index (χ4v) is 3.28. The Balaban J connectivity index is 1.66. The Kier molecular flexibility index (Phi) is 6.91. The van der Waals surface area contributed by atoms with E-state index in [9.17, 15) is 4.79 Å². The van der Waals surface area contributed by atoms with Gasteiger partial charge in [0.2, 0.25) is 0 Å². The number of nitrogens with zero attached hydrogens (tertiary/aromatic N) is 2. The molecule has 0 bridgehead atoms. The van der Waals surface area contributed by atoms with E-state index in [0.29, 0.717) is 28.6 Å². The minimum Gasteiger partial charge on any atom is -0.490 e. The largest absolute Gasteiger partial charge is 0.490 e. The van der Waals surface area contributed by atoms with Crippen molar-refractivity contribution in [3.8, 4) is 22.9 Å². The maximum absolute atomic E-state index is 11.9. The summed E-state index contributed by atoms with van der Waals surface area (Å²) in [5.41, 5.74) is 7.47. The van der Waals surface area contributed by atoms with Gasteiger partial charge >= 0.3 is 0 Å². The molecule has 0 radical (unpaired) electrons. The van der Waals surface area contributed by atoms with Crippen molar-refractivity contribution in [2.24, 2.45) is 5.73 Å². The molecule has 176 valence electrons. The van der Waals surface area contributed by atoms with Crippen molar-refractivity contribution in [3.05, 3.63) is 54.4 Å². The molecule has 1 aliphatic carbocycles. The lowest BCUT2D eigenvalue weighted by Crippen LogP contribution is -2.34. The van der Waals surface area contributed by atoms with Crippen LogP contribution >= 0.6 is 0 Å². The monoisotopic (exact) mass is 460 g/mol. The second-order valence-electron chi connectivity index (χ2n) is 8.32. The number of aromatic nitrogens is 2. The van der Waals surface area contributed by atoms with Gasteiger partial charge in [0.1, 0.15) is 17.3 Å². The third-order valence-corrected chi connectivity index (χ3v) is 5.00. The number of ether oxygens (including phenoxy) is 2. The normalized spacial score (nSPS) is 13.6. The van der Waals surface area contributed by atoms with Crippen LogP contribution in [0, 0.1) is 5.41 Å². The highest BCUT2D eigenvalue weighted by Gasteiger charge is 2.24. The quantitative estimate of drug-likeness (QED) is 0.339. The Morgan fingerprint density at radius 3 is 2.74 bits per heavy atom. The van der Waals surface area contributed by atoms with E-state index in [1.165, 1.54) is 6.20 Å². The van der Waals surface area contributed by atoms with E-state index in [-0.39, 0.29) is 24.7 Å². The van der Waals surface area contributed by atoms with Gasteiger partial charge in [-0.1, -0.05) is 12.1 Å². The molecule has 4 rings (SSSR count). The summed E-state index contributed by atoms with van der Waals surface area (Å²) in [6.45, 7) is 3.71. The van der Waals surface area contributed by atoms with Crippen molar-refractivity contribution in [2.45, 2.75) is 38.8 Å². The molecule has 34 heavy (non-hydrogen) atoms. The highest BCUT2D eigenvalue weighted by molar-refractivity contribution is 5.94. The molecule has 9 heteroatoms. The zero-order valence-electron chi connectivity index (χ0n) is 19.2. The van der Waals surface area contributed by atoms with Crippen LogP contribution in [0.4, 0.5) is 5.82 Å². The second-order valence-corrected chi connectivity index (χ2v) is 8.32. The Morgan fingerprint density at radius 1 is 1.21 bits per heavy atom. The first-order valence-electron chi connectivity index (χ1n) is 11.2. The van der Waals surface area contributed by atoms with Crippen LogP contribution in [0.5, 0.6) is 11.5 Å². The highest BCUT2D eigenvalue weighted by atomic mass is 16.5. The van der Waals surface area contributed by atoms with Crippen LogP contribution in [-0.4, -0.2) is 40.8 Å². The number of benzene rings is 2. The van der Waals surface area contributed by atoms with E-state index in [0.717, 1.165) is 35.8 Å². The number of rotatable bonds is 10. The number of hydrogen-bond acceptors (Lipinski definition) is 8. The van der Waals surface area contributed by atoms with Crippen molar-refractivity contribution in [3.63, 3.8) is 0 Å². The molecule has 1 amide bonds. The van der Waals surface area contributed by atoms with E-state index in [2.05, 4.69) is 10.6 Å². The van der Waals surface area contributed by atoms with Crippen LogP contribution in [-0.2, 0) is 4.79 Å².